The highest BCUT2D eigenvalue weighted by Gasteiger charge is 2.27. The number of carbonyl (C=O) groups excluding carboxylic acids is 2. The van der Waals surface area contributed by atoms with Crippen molar-refractivity contribution in [1.82, 2.24) is 30.6 Å². The molecule has 0 saturated heterocycles. The first-order valence-corrected chi connectivity index (χ1v) is 17.0. The van der Waals surface area contributed by atoms with Gasteiger partial charge in [-0.3, -0.25) is 9.59 Å². The lowest BCUT2D eigenvalue weighted by atomic mass is 10.2. The Bertz CT molecular complexity index is 2100. The number of hydrogen-bond donors (Lipinski definition) is 6. The molecule has 4 heterocycles. The molecule has 16 nitrogen and oxygen atoms in total. The highest BCUT2D eigenvalue weighted by molar-refractivity contribution is 8.76. The van der Waals surface area contributed by atoms with Gasteiger partial charge in [-0.1, -0.05) is 58.0 Å². The molecular formula is C32H24N6O10S2. The normalized spacial score (nSPS) is 12.4. The minimum atomic E-state index is -1.40. The fraction of sp³-hybridized carbons (Fsp3) is 0.125. The molecule has 2 unspecified atom stereocenters. The summed E-state index contributed by atoms with van der Waals surface area (Å²) in [6, 6.07) is 14.2. The highest BCUT2D eigenvalue weighted by Crippen LogP contribution is 2.31. The maximum Gasteiger partial charge on any atom is 0.327 e. The molecular weight excluding hydrogens is 693 g/mol. The van der Waals surface area contributed by atoms with E-state index in [1.54, 1.807) is 48.5 Å². The van der Waals surface area contributed by atoms with Crippen LogP contribution in [0.2, 0.25) is 0 Å². The van der Waals surface area contributed by atoms with E-state index in [-0.39, 0.29) is 57.6 Å². The zero-order chi connectivity index (χ0) is 35.4. The average molecular weight is 717 g/mol. The van der Waals surface area contributed by atoms with Crippen molar-refractivity contribution in [2.75, 3.05) is 11.5 Å². The number of benzene rings is 2. The van der Waals surface area contributed by atoms with Gasteiger partial charge in [0.1, 0.15) is 36.1 Å². The molecule has 0 fully saturated rings. The van der Waals surface area contributed by atoms with Crippen LogP contribution in [0.15, 0.2) is 82.0 Å². The zero-order valence-corrected chi connectivity index (χ0v) is 27.0. The summed E-state index contributed by atoms with van der Waals surface area (Å²) in [4.78, 5) is 66.1. The number of aromatic hydroxyl groups is 2. The van der Waals surface area contributed by atoms with Gasteiger partial charge in [0, 0.05) is 22.3 Å². The Morgan fingerprint density at radius 2 is 1.04 bits per heavy atom. The second kappa shape index (κ2) is 14.5. The molecule has 2 amide bonds. The predicted molar refractivity (Wildman–Crippen MR) is 181 cm³/mol. The minimum Gasteiger partial charge on any atom is -0.505 e. The molecule has 2 atom stereocenters. The Morgan fingerprint density at radius 1 is 0.640 bits per heavy atom. The van der Waals surface area contributed by atoms with E-state index in [1.807, 2.05) is 0 Å². The van der Waals surface area contributed by atoms with Gasteiger partial charge >= 0.3 is 11.9 Å². The molecule has 0 aliphatic heterocycles. The van der Waals surface area contributed by atoms with Crippen LogP contribution in [0.25, 0.3) is 45.0 Å². The Balaban J connectivity index is 1.02. The molecule has 6 aromatic rings. The van der Waals surface area contributed by atoms with E-state index in [0.717, 1.165) is 34.1 Å². The third kappa shape index (κ3) is 7.45. The summed E-state index contributed by atoms with van der Waals surface area (Å²) in [7, 11) is 1.91. The SMILES string of the molecule is O=C(NC(CSSCC(NC(=O)c1coc(-c2nc3ccccc3cc2O)n1)C(=O)O)C(=O)O)c1coc(-c2nc3ccccc3cc2O)n1. The molecule has 0 spiro atoms. The topological polar surface area (TPSA) is 251 Å². The Hall–Kier alpha value is -6.14. The predicted octanol–water partition coefficient (Wildman–Crippen LogP) is 3.95. The number of aromatic nitrogens is 4. The molecule has 254 valence electrons. The lowest BCUT2D eigenvalue weighted by molar-refractivity contribution is -0.139. The summed E-state index contributed by atoms with van der Waals surface area (Å²) in [5.74, 6) is -5.58. The van der Waals surface area contributed by atoms with Gasteiger partial charge in [0.15, 0.2) is 22.8 Å². The maximum atomic E-state index is 12.8. The van der Waals surface area contributed by atoms with Gasteiger partial charge < -0.3 is 39.9 Å². The van der Waals surface area contributed by atoms with E-state index >= 15 is 0 Å². The quantitative estimate of drug-likeness (QED) is 0.0731. The summed E-state index contributed by atoms with van der Waals surface area (Å²) in [6.45, 7) is 0. The molecule has 0 radical (unpaired) electrons. The van der Waals surface area contributed by atoms with Gasteiger partial charge in [-0.15, -0.1) is 0 Å². The fourth-order valence-electron chi connectivity index (χ4n) is 4.54. The van der Waals surface area contributed by atoms with Crippen molar-refractivity contribution in [3.8, 4) is 34.7 Å². The second-order valence-electron chi connectivity index (χ2n) is 10.5. The summed E-state index contributed by atoms with van der Waals surface area (Å²) in [6.07, 6.45) is 2.00. The number of pyridine rings is 2. The number of rotatable bonds is 13. The Kier molecular flexibility index (Phi) is 9.82. The van der Waals surface area contributed by atoms with Crippen LogP contribution >= 0.6 is 21.6 Å². The summed E-state index contributed by atoms with van der Waals surface area (Å²) in [5.41, 5.74) is 0.587. The van der Waals surface area contributed by atoms with Crippen molar-refractivity contribution in [3.05, 3.63) is 84.6 Å². The largest absolute Gasteiger partial charge is 0.505 e. The zero-order valence-electron chi connectivity index (χ0n) is 25.3. The Labute approximate surface area is 288 Å². The summed E-state index contributed by atoms with van der Waals surface area (Å²) >= 11 is 0. The molecule has 6 rings (SSSR count). The van der Waals surface area contributed by atoms with Crippen LogP contribution in [0.5, 0.6) is 11.5 Å². The molecule has 4 aromatic heterocycles. The molecule has 50 heavy (non-hydrogen) atoms. The fourth-order valence-corrected chi connectivity index (χ4v) is 6.85. The summed E-state index contributed by atoms with van der Waals surface area (Å²) in [5, 5.41) is 46.1. The number of carboxylic acid groups (broad SMARTS) is 2. The summed E-state index contributed by atoms with van der Waals surface area (Å²) < 4.78 is 10.7. The lowest BCUT2D eigenvalue weighted by Crippen LogP contribution is -2.43. The second-order valence-corrected chi connectivity index (χ2v) is 13.0. The van der Waals surface area contributed by atoms with E-state index in [0.29, 0.717) is 21.8 Å². The maximum absolute atomic E-state index is 12.8. The van der Waals surface area contributed by atoms with Crippen LogP contribution < -0.4 is 10.6 Å². The molecule has 2 aromatic carbocycles. The lowest BCUT2D eigenvalue weighted by Gasteiger charge is -2.15. The first-order valence-electron chi connectivity index (χ1n) is 14.5. The number of hydrogen-bond acceptors (Lipinski definition) is 14. The number of oxazole rings is 2. The van der Waals surface area contributed by atoms with Gasteiger partial charge in [-0.05, 0) is 24.3 Å². The van der Waals surface area contributed by atoms with E-state index < -0.39 is 35.8 Å². The number of para-hydroxylation sites is 2. The van der Waals surface area contributed by atoms with Crippen LogP contribution in [0.4, 0.5) is 0 Å². The monoisotopic (exact) mass is 716 g/mol. The van der Waals surface area contributed by atoms with Crippen molar-refractivity contribution in [1.29, 1.82) is 0 Å². The van der Waals surface area contributed by atoms with E-state index in [2.05, 4.69) is 30.6 Å². The van der Waals surface area contributed by atoms with Gasteiger partial charge in [0.25, 0.3) is 11.8 Å². The highest BCUT2D eigenvalue weighted by atomic mass is 33.1. The number of aliphatic carboxylic acids is 2. The smallest absolute Gasteiger partial charge is 0.327 e. The third-order valence-electron chi connectivity index (χ3n) is 7.05. The van der Waals surface area contributed by atoms with Crippen LogP contribution in [-0.4, -0.2) is 87.7 Å². The van der Waals surface area contributed by atoms with E-state index in [9.17, 15) is 39.6 Å². The van der Waals surface area contributed by atoms with Crippen molar-refractivity contribution in [3.63, 3.8) is 0 Å². The van der Waals surface area contributed by atoms with E-state index in [1.165, 1.54) is 12.1 Å². The van der Waals surface area contributed by atoms with Gasteiger partial charge in [0.2, 0.25) is 11.8 Å². The van der Waals surface area contributed by atoms with Crippen LogP contribution in [-0.2, 0) is 9.59 Å². The minimum absolute atomic E-state index is 0.00482. The van der Waals surface area contributed by atoms with Gasteiger partial charge in [-0.25, -0.2) is 29.5 Å². The molecule has 0 saturated carbocycles. The molecule has 6 N–H and O–H groups in total. The van der Waals surface area contributed by atoms with Crippen LogP contribution in [0.3, 0.4) is 0 Å². The number of fused-ring (bicyclic) bond motifs is 2. The number of nitrogens with zero attached hydrogens (tertiary/aromatic N) is 4. The average Bonchev–Trinajstić information content (AvgIpc) is 3.79. The number of carbonyl (C=O) groups is 4. The van der Waals surface area contributed by atoms with Crippen molar-refractivity contribution in [2.45, 2.75) is 12.1 Å². The first kappa shape index (κ1) is 33.7. The molecule has 0 aliphatic rings. The van der Waals surface area contributed by atoms with Crippen molar-refractivity contribution >= 4 is 67.1 Å². The Morgan fingerprint density at radius 3 is 1.44 bits per heavy atom. The first-order chi connectivity index (χ1) is 24.1. The number of carboxylic acids is 2. The van der Waals surface area contributed by atoms with Gasteiger partial charge in [-0.2, -0.15) is 0 Å². The van der Waals surface area contributed by atoms with Gasteiger partial charge in [0.05, 0.1) is 11.0 Å². The van der Waals surface area contributed by atoms with Crippen LogP contribution in [0, 0.1) is 0 Å². The van der Waals surface area contributed by atoms with E-state index in [4.69, 9.17) is 8.83 Å². The van der Waals surface area contributed by atoms with Crippen molar-refractivity contribution in [2.24, 2.45) is 0 Å². The standard InChI is InChI=1S/C32H24N6O10S2/c39-23-9-15-5-1-3-7-17(15)33-25(23)29-37-19(11-47-29)27(41)35-21(31(43)44)13-49-50-14-22(32(45)46)36-28(42)20-12-48-30(38-20)26-24(40)10-16-6-2-4-8-18(16)34-26/h1-12,21-22,39-40H,13-14H2,(H,35,41)(H,36,42)(H,43,44)(H,45,46). The number of nitrogens with one attached hydrogen (secondary N) is 2. The number of amides is 2. The molecule has 0 bridgehead atoms. The molecule has 18 heteroatoms. The molecule has 0 aliphatic carbocycles. The van der Waals surface area contributed by atoms with Crippen molar-refractivity contribution < 1.29 is 48.4 Å². The third-order valence-corrected chi connectivity index (χ3v) is 9.47. The van der Waals surface area contributed by atoms with Crippen LogP contribution in [0.1, 0.15) is 21.0 Å².